The number of para-hydroxylation sites is 2. The number of aromatic nitrogens is 2. The summed E-state index contributed by atoms with van der Waals surface area (Å²) in [7, 11) is 2.08. The minimum atomic E-state index is -0.119. The Morgan fingerprint density at radius 1 is 1.03 bits per heavy atom. The fraction of sp³-hybridized carbons (Fsp3) is 0.667. The van der Waals surface area contributed by atoms with Crippen LogP contribution in [0.1, 0.15) is 71.0 Å². The molecule has 166 valence electrons. The number of allylic oxidation sites excluding steroid dienone is 2. The van der Waals surface area contributed by atoms with Crippen LogP contribution in [0.15, 0.2) is 30.0 Å². The van der Waals surface area contributed by atoms with Gasteiger partial charge in [0.1, 0.15) is 11.6 Å². The lowest BCUT2D eigenvalue weighted by Gasteiger charge is -2.60. The van der Waals surface area contributed by atoms with Crippen LogP contribution in [0.4, 0.5) is 0 Å². The number of aryl methyl sites for hydroxylation is 1. The van der Waals surface area contributed by atoms with Gasteiger partial charge in [0, 0.05) is 18.0 Å². The largest absolute Gasteiger partial charge is 0.511 e. The van der Waals surface area contributed by atoms with Gasteiger partial charge in [-0.25, -0.2) is 4.98 Å². The molecular formula is C27H36N2O2. The van der Waals surface area contributed by atoms with Crippen molar-refractivity contribution >= 4 is 16.6 Å². The average molecular weight is 421 g/mol. The van der Waals surface area contributed by atoms with Gasteiger partial charge in [0.05, 0.1) is 17.1 Å². The predicted molar refractivity (Wildman–Crippen MR) is 123 cm³/mol. The summed E-state index contributed by atoms with van der Waals surface area (Å²) in [6.07, 6.45) is 8.76. The predicted octanol–water partition coefficient (Wildman–Crippen LogP) is 5.86. The summed E-state index contributed by atoms with van der Waals surface area (Å²) in [6, 6.07) is 8.27. The molecule has 4 heteroatoms. The molecule has 3 fully saturated rings. The molecule has 2 N–H and O–H groups in total. The van der Waals surface area contributed by atoms with Crippen molar-refractivity contribution in [2.75, 3.05) is 0 Å². The number of hydrogen-bond donors (Lipinski definition) is 2. The van der Waals surface area contributed by atoms with Gasteiger partial charge in [-0.15, -0.1) is 0 Å². The number of rotatable bonds is 1. The van der Waals surface area contributed by atoms with Crippen LogP contribution in [-0.2, 0) is 7.05 Å². The Morgan fingerprint density at radius 3 is 2.65 bits per heavy atom. The minimum absolute atomic E-state index is 0.0928. The molecular weight excluding hydrogens is 384 g/mol. The molecule has 1 aromatic heterocycles. The Bertz CT molecular complexity index is 1070. The van der Waals surface area contributed by atoms with Crippen molar-refractivity contribution in [2.45, 2.75) is 71.3 Å². The number of fused-ring (bicyclic) bond motifs is 6. The second-order valence-electron chi connectivity index (χ2n) is 11.6. The van der Waals surface area contributed by atoms with Crippen molar-refractivity contribution in [1.29, 1.82) is 0 Å². The first-order valence-electron chi connectivity index (χ1n) is 12.4. The van der Waals surface area contributed by atoms with Gasteiger partial charge in [0.15, 0.2) is 0 Å². The molecule has 3 unspecified atom stereocenters. The van der Waals surface area contributed by atoms with Crippen LogP contribution in [0, 0.1) is 34.5 Å². The van der Waals surface area contributed by atoms with E-state index in [1.807, 2.05) is 6.07 Å². The summed E-state index contributed by atoms with van der Waals surface area (Å²) in [5.41, 5.74) is 3.46. The van der Waals surface area contributed by atoms with E-state index in [1.54, 1.807) is 0 Å². The van der Waals surface area contributed by atoms with Crippen LogP contribution in [0.3, 0.4) is 0 Å². The molecule has 0 bridgehead atoms. The Hall–Kier alpha value is -1.81. The number of nitrogens with zero attached hydrogens (tertiary/aromatic N) is 2. The molecule has 6 rings (SSSR count). The lowest BCUT2D eigenvalue weighted by atomic mass is 9.45. The normalized spacial score (nSPS) is 42.4. The highest BCUT2D eigenvalue weighted by atomic mass is 16.3. The Balaban J connectivity index is 1.36. The van der Waals surface area contributed by atoms with E-state index in [1.165, 1.54) is 25.7 Å². The zero-order valence-electron chi connectivity index (χ0n) is 19.1. The highest BCUT2D eigenvalue weighted by Gasteiger charge is 2.60. The maximum atomic E-state index is 11.6. The van der Waals surface area contributed by atoms with Crippen molar-refractivity contribution in [2.24, 2.45) is 41.5 Å². The number of aliphatic hydroxyl groups is 2. The Labute approximate surface area is 185 Å². The third-order valence-corrected chi connectivity index (χ3v) is 10.3. The summed E-state index contributed by atoms with van der Waals surface area (Å²) in [4.78, 5) is 4.94. The van der Waals surface area contributed by atoms with Crippen LogP contribution in [0.25, 0.3) is 16.6 Å². The highest BCUT2D eigenvalue weighted by molar-refractivity contribution is 5.81. The zero-order valence-corrected chi connectivity index (χ0v) is 19.1. The summed E-state index contributed by atoms with van der Waals surface area (Å²) in [5.74, 6) is 4.14. The standard InChI is InChI=1S/C27H36N2O2/c1-26-12-10-17(30)14-16(26)8-9-18-20(26)11-13-27(2)21(18)15-19(24(27)31)25-28-22-6-4-5-7-23(22)29(25)3/h4-7,16-18,20-21,30-31H,8-15H2,1-3H3/t16-,17-,18?,20?,21?,26-,27-/m0/s1. The molecule has 3 saturated carbocycles. The molecule has 0 spiro atoms. The van der Waals surface area contributed by atoms with Crippen molar-refractivity contribution in [3.63, 3.8) is 0 Å². The van der Waals surface area contributed by atoms with Gasteiger partial charge < -0.3 is 14.8 Å². The fourth-order valence-corrected chi connectivity index (χ4v) is 8.50. The van der Waals surface area contributed by atoms with Crippen LogP contribution in [0.2, 0.25) is 0 Å². The van der Waals surface area contributed by atoms with Gasteiger partial charge in [-0.2, -0.15) is 0 Å². The zero-order chi connectivity index (χ0) is 21.5. The number of aliphatic hydroxyl groups excluding tert-OH is 2. The van der Waals surface area contributed by atoms with Gasteiger partial charge in [0.2, 0.25) is 0 Å². The van der Waals surface area contributed by atoms with E-state index in [4.69, 9.17) is 4.98 Å². The molecule has 4 nitrogen and oxygen atoms in total. The molecule has 2 aromatic rings. The molecule has 4 aliphatic carbocycles. The van der Waals surface area contributed by atoms with Gasteiger partial charge in [-0.1, -0.05) is 26.0 Å². The molecule has 1 heterocycles. The molecule has 7 atom stereocenters. The van der Waals surface area contributed by atoms with Gasteiger partial charge >= 0.3 is 0 Å². The maximum absolute atomic E-state index is 11.6. The van der Waals surface area contributed by atoms with Crippen LogP contribution in [-0.4, -0.2) is 25.9 Å². The van der Waals surface area contributed by atoms with E-state index >= 15 is 0 Å². The summed E-state index contributed by atoms with van der Waals surface area (Å²) in [5, 5.41) is 21.8. The van der Waals surface area contributed by atoms with Gasteiger partial charge in [0.25, 0.3) is 0 Å². The van der Waals surface area contributed by atoms with Gasteiger partial charge in [-0.05, 0) is 92.6 Å². The first-order valence-corrected chi connectivity index (χ1v) is 12.4. The molecule has 4 aliphatic rings. The number of imidazole rings is 1. The highest BCUT2D eigenvalue weighted by Crippen LogP contribution is 2.67. The van der Waals surface area contributed by atoms with E-state index in [2.05, 4.69) is 43.7 Å². The summed E-state index contributed by atoms with van der Waals surface area (Å²) in [6.45, 7) is 4.84. The van der Waals surface area contributed by atoms with E-state index in [-0.39, 0.29) is 11.5 Å². The molecule has 0 amide bonds. The lowest BCUT2D eigenvalue weighted by molar-refractivity contribution is -0.121. The number of hydrogen-bond acceptors (Lipinski definition) is 3. The third kappa shape index (κ3) is 2.60. The summed E-state index contributed by atoms with van der Waals surface area (Å²) >= 11 is 0. The maximum Gasteiger partial charge on any atom is 0.140 e. The van der Waals surface area contributed by atoms with E-state index < -0.39 is 0 Å². The third-order valence-electron chi connectivity index (χ3n) is 10.3. The first kappa shape index (κ1) is 19.8. The fourth-order valence-electron chi connectivity index (χ4n) is 8.50. The van der Waals surface area contributed by atoms with Crippen molar-refractivity contribution in [3.05, 3.63) is 35.8 Å². The Kier molecular flexibility index (Phi) is 4.23. The molecule has 31 heavy (non-hydrogen) atoms. The van der Waals surface area contributed by atoms with Crippen LogP contribution < -0.4 is 0 Å². The topological polar surface area (TPSA) is 58.3 Å². The van der Waals surface area contributed by atoms with E-state index in [9.17, 15) is 10.2 Å². The first-order chi connectivity index (χ1) is 14.8. The van der Waals surface area contributed by atoms with Crippen LogP contribution in [0.5, 0.6) is 0 Å². The average Bonchev–Trinajstić information content (AvgIpc) is 3.23. The Morgan fingerprint density at radius 2 is 1.84 bits per heavy atom. The number of benzene rings is 1. The van der Waals surface area contributed by atoms with E-state index in [0.717, 1.165) is 54.0 Å². The second-order valence-corrected chi connectivity index (χ2v) is 11.6. The summed E-state index contributed by atoms with van der Waals surface area (Å²) < 4.78 is 2.17. The van der Waals surface area contributed by atoms with Crippen molar-refractivity contribution < 1.29 is 10.2 Å². The quantitative estimate of drug-likeness (QED) is 0.608. The smallest absolute Gasteiger partial charge is 0.140 e. The lowest BCUT2D eigenvalue weighted by Crippen LogP contribution is -2.53. The molecule has 0 saturated heterocycles. The second kappa shape index (κ2) is 6.60. The van der Waals surface area contributed by atoms with Crippen molar-refractivity contribution in [1.82, 2.24) is 9.55 Å². The van der Waals surface area contributed by atoms with E-state index in [0.29, 0.717) is 28.9 Å². The van der Waals surface area contributed by atoms with Crippen LogP contribution >= 0.6 is 0 Å². The van der Waals surface area contributed by atoms with Crippen molar-refractivity contribution in [3.8, 4) is 0 Å². The van der Waals surface area contributed by atoms with Gasteiger partial charge in [-0.3, -0.25) is 0 Å². The SMILES string of the molecule is Cn1c(C2=C(O)[C@@]3(C)CCC4C(CC[C@H]5C[C@@H](O)CC[C@]45C)C3C2)nc2ccccc21. The monoisotopic (exact) mass is 420 g/mol. The molecule has 0 aliphatic heterocycles. The minimum Gasteiger partial charge on any atom is -0.511 e. The molecule has 1 aromatic carbocycles. The molecule has 0 radical (unpaired) electrons.